The average Bonchev–Trinajstić information content (AvgIpc) is 3.02. The number of benzene rings is 1. The third-order valence-electron chi connectivity index (χ3n) is 5.32. The van der Waals surface area contributed by atoms with Crippen molar-refractivity contribution in [1.29, 1.82) is 0 Å². The van der Waals surface area contributed by atoms with E-state index in [1.54, 1.807) is 4.68 Å². The van der Waals surface area contributed by atoms with Crippen LogP contribution in [0.1, 0.15) is 61.5 Å². The molecule has 1 aliphatic heterocycles. The summed E-state index contributed by atoms with van der Waals surface area (Å²) >= 11 is 0. The molecule has 1 aliphatic rings. The van der Waals surface area contributed by atoms with Crippen molar-refractivity contribution in [3.05, 3.63) is 41.5 Å². The van der Waals surface area contributed by atoms with E-state index in [0.29, 0.717) is 11.8 Å². The van der Waals surface area contributed by atoms with Gasteiger partial charge in [-0.1, -0.05) is 32.0 Å². The Morgan fingerprint density at radius 2 is 1.81 bits per heavy atom. The van der Waals surface area contributed by atoms with Gasteiger partial charge in [-0.2, -0.15) is 0 Å². The van der Waals surface area contributed by atoms with Crippen molar-refractivity contribution in [2.75, 3.05) is 13.1 Å². The standard InChI is InChI=1S/C20H29N5O.ClH/c1-13(2)17-7-5-6-8-18(17)25-15(4)22-19(23-25)20(26)24-11-9-16(10-12-24)14(3)21;/h5-8,13-14,16H,9-12,21H2,1-4H3;1H. The molecule has 2 aromatic rings. The molecular weight excluding hydrogens is 362 g/mol. The second kappa shape index (κ2) is 8.85. The van der Waals surface area contributed by atoms with E-state index >= 15 is 0 Å². The zero-order valence-electron chi connectivity index (χ0n) is 16.6. The van der Waals surface area contributed by atoms with E-state index < -0.39 is 0 Å². The summed E-state index contributed by atoms with van der Waals surface area (Å²) in [6, 6.07) is 8.32. The van der Waals surface area contributed by atoms with E-state index in [-0.39, 0.29) is 30.2 Å². The van der Waals surface area contributed by atoms with Gasteiger partial charge in [0.1, 0.15) is 5.82 Å². The quantitative estimate of drug-likeness (QED) is 0.867. The summed E-state index contributed by atoms with van der Waals surface area (Å²) in [4.78, 5) is 19.2. The number of nitrogens with two attached hydrogens (primary N) is 1. The molecule has 2 N–H and O–H groups in total. The predicted octanol–water partition coefficient (Wildman–Crippen LogP) is 3.32. The lowest BCUT2D eigenvalue weighted by molar-refractivity contribution is 0.0668. The smallest absolute Gasteiger partial charge is 0.293 e. The van der Waals surface area contributed by atoms with Crippen LogP contribution in [0.5, 0.6) is 0 Å². The van der Waals surface area contributed by atoms with Crippen LogP contribution in [0.25, 0.3) is 5.69 Å². The molecule has 0 spiro atoms. The van der Waals surface area contributed by atoms with Crippen molar-refractivity contribution < 1.29 is 4.79 Å². The normalized spacial score (nSPS) is 16.3. The number of para-hydroxylation sites is 1. The molecule has 1 amide bonds. The molecule has 1 saturated heterocycles. The number of rotatable bonds is 4. The summed E-state index contributed by atoms with van der Waals surface area (Å²) in [5.74, 6) is 1.78. The SMILES string of the molecule is Cc1nc(C(=O)N2CCC(C(C)N)CC2)nn1-c1ccccc1C(C)C.Cl. The minimum absolute atomic E-state index is 0. The number of carbonyl (C=O) groups excluding carboxylic acids is 1. The van der Waals surface area contributed by atoms with Crippen molar-refractivity contribution in [3.8, 4) is 5.69 Å². The van der Waals surface area contributed by atoms with Crippen LogP contribution in [0.2, 0.25) is 0 Å². The molecule has 0 aliphatic carbocycles. The lowest BCUT2D eigenvalue weighted by atomic mass is 9.91. The van der Waals surface area contributed by atoms with E-state index in [9.17, 15) is 4.79 Å². The molecule has 3 rings (SSSR count). The predicted molar refractivity (Wildman–Crippen MR) is 110 cm³/mol. The van der Waals surface area contributed by atoms with Crippen LogP contribution in [-0.2, 0) is 0 Å². The average molecular weight is 392 g/mol. The van der Waals surface area contributed by atoms with Crippen LogP contribution in [0.4, 0.5) is 0 Å². The molecule has 27 heavy (non-hydrogen) atoms. The zero-order chi connectivity index (χ0) is 18.8. The van der Waals surface area contributed by atoms with Crippen LogP contribution in [-0.4, -0.2) is 44.7 Å². The van der Waals surface area contributed by atoms with E-state index in [0.717, 1.165) is 37.4 Å². The fourth-order valence-corrected chi connectivity index (χ4v) is 3.65. The minimum atomic E-state index is -0.0861. The maximum Gasteiger partial charge on any atom is 0.293 e. The second-order valence-corrected chi connectivity index (χ2v) is 7.60. The van der Waals surface area contributed by atoms with Crippen molar-refractivity contribution >= 4 is 18.3 Å². The summed E-state index contributed by atoms with van der Waals surface area (Å²) < 4.78 is 1.79. The topological polar surface area (TPSA) is 77.0 Å². The highest BCUT2D eigenvalue weighted by Crippen LogP contribution is 2.24. The Hall–Kier alpha value is -1.92. The van der Waals surface area contributed by atoms with Crippen molar-refractivity contribution in [3.63, 3.8) is 0 Å². The number of carbonyl (C=O) groups is 1. The summed E-state index contributed by atoms with van der Waals surface area (Å²) in [7, 11) is 0. The monoisotopic (exact) mass is 391 g/mol. The van der Waals surface area contributed by atoms with Gasteiger partial charge in [0.2, 0.25) is 5.82 Å². The van der Waals surface area contributed by atoms with Crippen molar-refractivity contribution in [2.24, 2.45) is 11.7 Å². The Morgan fingerprint density at radius 3 is 2.41 bits per heavy atom. The van der Waals surface area contributed by atoms with Crippen molar-refractivity contribution in [1.82, 2.24) is 19.7 Å². The third-order valence-corrected chi connectivity index (χ3v) is 5.32. The molecule has 0 bridgehead atoms. The summed E-state index contributed by atoms with van der Waals surface area (Å²) in [6.45, 7) is 9.69. The first-order valence-corrected chi connectivity index (χ1v) is 9.46. The first-order valence-electron chi connectivity index (χ1n) is 9.46. The Balaban J connectivity index is 0.00000261. The highest BCUT2D eigenvalue weighted by molar-refractivity contribution is 5.90. The van der Waals surface area contributed by atoms with Gasteiger partial charge < -0.3 is 10.6 Å². The maximum absolute atomic E-state index is 12.8. The van der Waals surface area contributed by atoms with E-state index in [2.05, 4.69) is 30.0 Å². The highest BCUT2D eigenvalue weighted by atomic mass is 35.5. The van der Waals surface area contributed by atoms with Crippen LogP contribution in [0, 0.1) is 12.8 Å². The fraction of sp³-hybridized carbons (Fsp3) is 0.550. The molecule has 7 heteroatoms. The number of halogens is 1. The number of nitrogens with zero attached hydrogens (tertiary/aromatic N) is 4. The largest absolute Gasteiger partial charge is 0.336 e. The number of aryl methyl sites for hydroxylation is 1. The van der Waals surface area contributed by atoms with Crippen LogP contribution >= 0.6 is 12.4 Å². The third kappa shape index (κ3) is 4.50. The number of piperidine rings is 1. The van der Waals surface area contributed by atoms with Gasteiger partial charge in [0.25, 0.3) is 5.91 Å². The van der Waals surface area contributed by atoms with Gasteiger partial charge in [0, 0.05) is 19.1 Å². The molecule has 6 nitrogen and oxygen atoms in total. The van der Waals surface area contributed by atoms with Gasteiger partial charge in [-0.15, -0.1) is 17.5 Å². The first kappa shape index (κ1) is 21.4. The van der Waals surface area contributed by atoms with Crippen LogP contribution < -0.4 is 5.73 Å². The number of amides is 1. The lowest BCUT2D eigenvalue weighted by Gasteiger charge is -2.33. The fourth-order valence-electron chi connectivity index (χ4n) is 3.65. The Labute approximate surface area is 167 Å². The zero-order valence-corrected chi connectivity index (χ0v) is 17.4. The molecule has 1 fully saturated rings. The molecule has 1 atom stereocenters. The number of likely N-dealkylation sites (tertiary alicyclic amines) is 1. The molecular formula is C20H30ClN5O. The molecule has 148 valence electrons. The Kier molecular flexibility index (Phi) is 7.00. The first-order chi connectivity index (χ1) is 12.4. The Bertz CT molecular complexity index is 778. The molecule has 1 aromatic heterocycles. The lowest BCUT2D eigenvalue weighted by Crippen LogP contribution is -2.42. The van der Waals surface area contributed by atoms with Gasteiger partial charge in [-0.3, -0.25) is 4.79 Å². The minimum Gasteiger partial charge on any atom is -0.336 e. The Morgan fingerprint density at radius 1 is 1.19 bits per heavy atom. The number of hydrogen-bond donors (Lipinski definition) is 1. The molecule has 2 heterocycles. The van der Waals surface area contributed by atoms with E-state index in [1.165, 1.54) is 5.56 Å². The second-order valence-electron chi connectivity index (χ2n) is 7.60. The highest BCUT2D eigenvalue weighted by Gasteiger charge is 2.28. The maximum atomic E-state index is 12.8. The van der Waals surface area contributed by atoms with Gasteiger partial charge >= 0.3 is 0 Å². The number of aromatic nitrogens is 3. The summed E-state index contributed by atoms with van der Waals surface area (Å²) in [5.41, 5.74) is 8.17. The summed E-state index contributed by atoms with van der Waals surface area (Å²) in [5, 5.41) is 4.54. The van der Waals surface area contributed by atoms with Crippen LogP contribution in [0.3, 0.4) is 0 Å². The van der Waals surface area contributed by atoms with Gasteiger partial charge in [0.15, 0.2) is 0 Å². The van der Waals surface area contributed by atoms with E-state index in [4.69, 9.17) is 5.73 Å². The summed E-state index contributed by atoms with van der Waals surface area (Å²) in [6.07, 6.45) is 1.89. The molecule has 0 saturated carbocycles. The van der Waals surface area contributed by atoms with Gasteiger partial charge in [-0.25, -0.2) is 9.67 Å². The van der Waals surface area contributed by atoms with E-state index in [1.807, 2.05) is 36.9 Å². The molecule has 0 radical (unpaired) electrons. The van der Waals surface area contributed by atoms with Crippen molar-refractivity contribution in [2.45, 2.75) is 52.5 Å². The van der Waals surface area contributed by atoms with Gasteiger partial charge in [0.05, 0.1) is 5.69 Å². The molecule has 1 unspecified atom stereocenters. The molecule has 1 aromatic carbocycles. The number of hydrogen-bond acceptors (Lipinski definition) is 4. The van der Waals surface area contributed by atoms with Gasteiger partial charge in [-0.05, 0) is 50.2 Å². The van der Waals surface area contributed by atoms with Crippen LogP contribution in [0.15, 0.2) is 24.3 Å².